The van der Waals surface area contributed by atoms with Gasteiger partial charge in [-0.25, -0.2) is 0 Å². The lowest BCUT2D eigenvalue weighted by Crippen LogP contribution is -2.23. The SMILES string of the molecule is O=C(CCc1ccco1)NC/C=C/c1ccccc1. The van der Waals surface area contributed by atoms with Crippen molar-refractivity contribution in [2.75, 3.05) is 6.54 Å². The number of amides is 1. The van der Waals surface area contributed by atoms with E-state index in [0.717, 1.165) is 11.3 Å². The van der Waals surface area contributed by atoms with Crippen LogP contribution in [0.4, 0.5) is 0 Å². The van der Waals surface area contributed by atoms with Crippen LogP contribution in [-0.2, 0) is 11.2 Å². The molecule has 1 aromatic carbocycles. The zero-order valence-corrected chi connectivity index (χ0v) is 10.7. The van der Waals surface area contributed by atoms with Gasteiger partial charge in [-0.3, -0.25) is 4.79 Å². The minimum Gasteiger partial charge on any atom is -0.469 e. The molecule has 0 bridgehead atoms. The van der Waals surface area contributed by atoms with Gasteiger partial charge in [0, 0.05) is 19.4 Å². The van der Waals surface area contributed by atoms with Gasteiger partial charge >= 0.3 is 0 Å². The Morgan fingerprint density at radius 1 is 1.16 bits per heavy atom. The maximum absolute atomic E-state index is 11.6. The molecule has 1 amide bonds. The highest BCUT2D eigenvalue weighted by atomic mass is 16.3. The molecule has 0 saturated heterocycles. The zero-order valence-electron chi connectivity index (χ0n) is 10.7. The van der Waals surface area contributed by atoms with Crippen LogP contribution in [0.15, 0.2) is 59.2 Å². The van der Waals surface area contributed by atoms with Crippen molar-refractivity contribution in [1.29, 1.82) is 0 Å². The first-order valence-corrected chi connectivity index (χ1v) is 6.35. The fraction of sp³-hybridized carbons (Fsp3) is 0.188. The summed E-state index contributed by atoms with van der Waals surface area (Å²) in [5, 5.41) is 2.85. The molecule has 0 unspecified atom stereocenters. The monoisotopic (exact) mass is 255 g/mol. The second kappa shape index (κ2) is 7.21. The third-order valence-corrected chi connectivity index (χ3v) is 2.71. The van der Waals surface area contributed by atoms with Gasteiger partial charge in [0.05, 0.1) is 6.26 Å². The lowest BCUT2D eigenvalue weighted by atomic mass is 10.2. The Hall–Kier alpha value is -2.29. The number of rotatable bonds is 6. The molecule has 1 N–H and O–H groups in total. The average molecular weight is 255 g/mol. The normalized spacial score (nSPS) is 10.7. The maximum Gasteiger partial charge on any atom is 0.220 e. The minimum absolute atomic E-state index is 0.0362. The summed E-state index contributed by atoms with van der Waals surface area (Å²) in [6.07, 6.45) is 6.65. The summed E-state index contributed by atoms with van der Waals surface area (Å²) in [7, 11) is 0. The van der Waals surface area contributed by atoms with Crippen LogP contribution >= 0.6 is 0 Å². The van der Waals surface area contributed by atoms with Crippen molar-refractivity contribution in [3.05, 3.63) is 66.1 Å². The quantitative estimate of drug-likeness (QED) is 0.862. The van der Waals surface area contributed by atoms with E-state index >= 15 is 0 Å². The molecule has 0 spiro atoms. The number of nitrogens with one attached hydrogen (secondary N) is 1. The van der Waals surface area contributed by atoms with Crippen molar-refractivity contribution in [3.63, 3.8) is 0 Å². The van der Waals surface area contributed by atoms with Gasteiger partial charge in [0.1, 0.15) is 5.76 Å². The summed E-state index contributed by atoms with van der Waals surface area (Å²) in [6.45, 7) is 0.548. The molecule has 2 aromatic rings. The predicted octanol–water partition coefficient (Wildman–Crippen LogP) is 3.04. The van der Waals surface area contributed by atoms with Crippen LogP contribution in [0, 0.1) is 0 Å². The lowest BCUT2D eigenvalue weighted by molar-refractivity contribution is -0.120. The van der Waals surface area contributed by atoms with E-state index in [0.29, 0.717) is 19.4 Å². The number of benzene rings is 1. The fourth-order valence-electron chi connectivity index (χ4n) is 1.71. The van der Waals surface area contributed by atoms with Crippen LogP contribution in [0.3, 0.4) is 0 Å². The largest absolute Gasteiger partial charge is 0.469 e. The highest BCUT2D eigenvalue weighted by Crippen LogP contribution is 2.03. The Morgan fingerprint density at radius 3 is 2.74 bits per heavy atom. The second-order valence-electron chi connectivity index (χ2n) is 4.20. The van der Waals surface area contributed by atoms with Gasteiger partial charge in [0.25, 0.3) is 0 Å². The summed E-state index contributed by atoms with van der Waals surface area (Å²) in [6, 6.07) is 13.7. The zero-order chi connectivity index (χ0) is 13.3. The van der Waals surface area contributed by atoms with Gasteiger partial charge in [-0.05, 0) is 17.7 Å². The molecule has 1 aromatic heterocycles. The number of hydrogen-bond acceptors (Lipinski definition) is 2. The third kappa shape index (κ3) is 4.84. The number of carbonyl (C=O) groups is 1. The molecule has 3 nitrogen and oxygen atoms in total. The standard InChI is InChI=1S/C16H17NO2/c18-16(11-10-15-9-5-13-19-15)17-12-4-8-14-6-2-1-3-7-14/h1-9,13H,10-12H2,(H,17,18)/b8-4+. The molecule has 19 heavy (non-hydrogen) atoms. The van der Waals surface area contributed by atoms with Crippen molar-refractivity contribution in [3.8, 4) is 0 Å². The topological polar surface area (TPSA) is 42.2 Å². The van der Waals surface area contributed by atoms with Gasteiger partial charge in [0.15, 0.2) is 0 Å². The first-order valence-electron chi connectivity index (χ1n) is 6.35. The smallest absolute Gasteiger partial charge is 0.220 e. The first-order chi connectivity index (χ1) is 9.34. The van der Waals surface area contributed by atoms with Crippen LogP contribution in [-0.4, -0.2) is 12.5 Å². The van der Waals surface area contributed by atoms with Crippen molar-refractivity contribution in [2.24, 2.45) is 0 Å². The molecule has 98 valence electrons. The highest BCUT2D eigenvalue weighted by molar-refractivity contribution is 5.76. The highest BCUT2D eigenvalue weighted by Gasteiger charge is 2.02. The molecule has 0 saturated carbocycles. The molecule has 0 atom stereocenters. The van der Waals surface area contributed by atoms with Crippen molar-refractivity contribution in [1.82, 2.24) is 5.32 Å². The number of furan rings is 1. The predicted molar refractivity (Wildman–Crippen MR) is 75.5 cm³/mol. The summed E-state index contributed by atoms with van der Waals surface area (Å²) in [5.74, 6) is 0.879. The summed E-state index contributed by atoms with van der Waals surface area (Å²) >= 11 is 0. The Kier molecular flexibility index (Phi) is 4.99. The Bertz CT molecular complexity index is 515. The Balaban J connectivity index is 1.65. The van der Waals surface area contributed by atoms with Gasteiger partial charge in [-0.15, -0.1) is 0 Å². The molecule has 3 heteroatoms. The van der Waals surface area contributed by atoms with Gasteiger partial charge in [-0.2, -0.15) is 0 Å². The van der Waals surface area contributed by atoms with Gasteiger partial charge in [-0.1, -0.05) is 42.5 Å². The van der Waals surface area contributed by atoms with Crippen LogP contribution in [0.2, 0.25) is 0 Å². The fourth-order valence-corrected chi connectivity index (χ4v) is 1.71. The molecule has 0 aliphatic heterocycles. The Morgan fingerprint density at radius 2 is 2.00 bits per heavy atom. The van der Waals surface area contributed by atoms with Crippen LogP contribution < -0.4 is 5.32 Å². The van der Waals surface area contributed by atoms with Crippen LogP contribution in [0.25, 0.3) is 6.08 Å². The molecule has 0 aliphatic rings. The van der Waals surface area contributed by atoms with E-state index in [1.807, 2.05) is 54.6 Å². The molecule has 0 fully saturated rings. The number of aryl methyl sites for hydroxylation is 1. The van der Waals surface area contributed by atoms with Crippen molar-refractivity contribution in [2.45, 2.75) is 12.8 Å². The molecule has 0 aliphatic carbocycles. The van der Waals surface area contributed by atoms with Crippen molar-refractivity contribution >= 4 is 12.0 Å². The van der Waals surface area contributed by atoms with E-state index in [1.54, 1.807) is 6.26 Å². The molecular weight excluding hydrogens is 238 g/mol. The summed E-state index contributed by atoms with van der Waals surface area (Å²) < 4.78 is 5.17. The minimum atomic E-state index is 0.0362. The lowest BCUT2D eigenvalue weighted by Gasteiger charge is -2.00. The molecule has 0 radical (unpaired) electrons. The molecular formula is C16H17NO2. The van der Waals surface area contributed by atoms with E-state index in [2.05, 4.69) is 5.32 Å². The molecule has 1 heterocycles. The van der Waals surface area contributed by atoms with Gasteiger partial charge in [0.2, 0.25) is 5.91 Å². The second-order valence-corrected chi connectivity index (χ2v) is 4.20. The van der Waals surface area contributed by atoms with E-state index in [-0.39, 0.29) is 5.91 Å². The van der Waals surface area contributed by atoms with Crippen LogP contribution in [0.1, 0.15) is 17.7 Å². The van der Waals surface area contributed by atoms with E-state index in [1.165, 1.54) is 0 Å². The average Bonchev–Trinajstić information content (AvgIpc) is 2.96. The number of carbonyl (C=O) groups excluding carboxylic acids is 1. The Labute approximate surface area is 112 Å². The summed E-state index contributed by atoms with van der Waals surface area (Å²) in [4.78, 5) is 11.6. The van der Waals surface area contributed by atoms with E-state index in [9.17, 15) is 4.79 Å². The van der Waals surface area contributed by atoms with E-state index < -0.39 is 0 Å². The molecule has 2 rings (SSSR count). The maximum atomic E-state index is 11.6. The van der Waals surface area contributed by atoms with E-state index in [4.69, 9.17) is 4.42 Å². The summed E-state index contributed by atoms with van der Waals surface area (Å²) in [5.41, 5.74) is 1.13. The number of hydrogen-bond donors (Lipinski definition) is 1. The van der Waals surface area contributed by atoms with Crippen LogP contribution in [0.5, 0.6) is 0 Å². The third-order valence-electron chi connectivity index (χ3n) is 2.71. The van der Waals surface area contributed by atoms with Crippen molar-refractivity contribution < 1.29 is 9.21 Å². The van der Waals surface area contributed by atoms with Gasteiger partial charge < -0.3 is 9.73 Å². The first kappa shape index (κ1) is 13.1.